The molecule has 8 heteroatoms. The molecule has 1 saturated heterocycles. The highest BCUT2D eigenvalue weighted by Crippen LogP contribution is 2.31. The van der Waals surface area contributed by atoms with E-state index in [1.165, 1.54) is 4.31 Å². The zero-order valence-electron chi connectivity index (χ0n) is 20.1. The van der Waals surface area contributed by atoms with E-state index in [0.29, 0.717) is 55.5 Å². The van der Waals surface area contributed by atoms with Crippen molar-refractivity contribution in [3.8, 4) is 11.5 Å². The summed E-state index contributed by atoms with van der Waals surface area (Å²) in [7, 11) is -2.02. The number of ether oxygens (including phenoxy) is 2. The zero-order chi connectivity index (χ0) is 24.2. The van der Waals surface area contributed by atoms with Crippen LogP contribution >= 0.6 is 0 Å². The molecule has 7 nitrogen and oxygen atoms in total. The lowest BCUT2D eigenvalue weighted by Crippen LogP contribution is -2.43. The quantitative estimate of drug-likeness (QED) is 0.592. The number of aryl methyl sites for hydroxylation is 2. The van der Waals surface area contributed by atoms with Crippen LogP contribution in [0.5, 0.6) is 11.5 Å². The highest BCUT2D eigenvalue weighted by molar-refractivity contribution is 7.89. The van der Waals surface area contributed by atoms with Gasteiger partial charge < -0.3 is 14.8 Å². The summed E-state index contributed by atoms with van der Waals surface area (Å²) in [5, 5.41) is 2.91. The topological polar surface area (TPSA) is 84.9 Å². The Bertz CT molecular complexity index is 1080. The first-order chi connectivity index (χ1) is 15.7. The van der Waals surface area contributed by atoms with Crippen molar-refractivity contribution in [3.05, 3.63) is 52.6 Å². The summed E-state index contributed by atoms with van der Waals surface area (Å²) < 4.78 is 39.3. The summed E-state index contributed by atoms with van der Waals surface area (Å²) in [5.74, 6) is 1.01. The number of benzene rings is 2. The second-order valence-electron chi connectivity index (χ2n) is 8.56. The van der Waals surface area contributed by atoms with E-state index in [9.17, 15) is 13.2 Å². The van der Waals surface area contributed by atoms with Gasteiger partial charge in [0.25, 0.3) is 0 Å². The fourth-order valence-corrected chi connectivity index (χ4v) is 6.32. The molecule has 180 valence electrons. The maximum absolute atomic E-state index is 13.4. The maximum atomic E-state index is 13.4. The van der Waals surface area contributed by atoms with E-state index in [1.807, 2.05) is 58.0 Å². The molecule has 1 amide bonds. The predicted molar refractivity (Wildman–Crippen MR) is 128 cm³/mol. The molecule has 0 radical (unpaired) electrons. The summed E-state index contributed by atoms with van der Waals surface area (Å²) >= 11 is 0. The number of methoxy groups -OCH3 is 1. The monoisotopic (exact) mass is 474 g/mol. The van der Waals surface area contributed by atoms with Gasteiger partial charge in [0.2, 0.25) is 15.9 Å². The van der Waals surface area contributed by atoms with E-state index in [4.69, 9.17) is 9.47 Å². The number of carbonyl (C=O) groups excluding carboxylic acids is 1. The Balaban J connectivity index is 1.54. The van der Waals surface area contributed by atoms with Gasteiger partial charge in [-0.2, -0.15) is 4.31 Å². The van der Waals surface area contributed by atoms with Gasteiger partial charge in [0.15, 0.2) is 11.5 Å². The SMILES string of the molecule is COc1ccccc1OCCNC(=O)C1CCN(S(=O)(=O)c2c(C)c(C)cc(C)c2C)CC1. The largest absolute Gasteiger partial charge is 0.493 e. The third-order valence-electron chi connectivity index (χ3n) is 6.45. The Hall–Kier alpha value is -2.58. The van der Waals surface area contributed by atoms with Gasteiger partial charge in [0, 0.05) is 19.0 Å². The molecule has 1 N–H and O–H groups in total. The highest BCUT2D eigenvalue weighted by atomic mass is 32.2. The molecule has 0 atom stereocenters. The molecule has 2 aromatic rings. The summed E-state index contributed by atoms with van der Waals surface area (Å²) in [5.41, 5.74) is 3.54. The lowest BCUT2D eigenvalue weighted by Gasteiger charge is -2.31. The van der Waals surface area contributed by atoms with Crippen LogP contribution in [0.4, 0.5) is 0 Å². The van der Waals surface area contributed by atoms with Gasteiger partial charge in [0.05, 0.1) is 18.6 Å². The van der Waals surface area contributed by atoms with Crippen LogP contribution in [0, 0.1) is 33.6 Å². The molecular weight excluding hydrogens is 440 g/mol. The van der Waals surface area contributed by atoms with E-state index in [1.54, 1.807) is 7.11 Å². The summed E-state index contributed by atoms with van der Waals surface area (Å²) in [4.78, 5) is 13.0. The zero-order valence-corrected chi connectivity index (χ0v) is 20.9. The summed E-state index contributed by atoms with van der Waals surface area (Å²) in [6.07, 6.45) is 1.00. The molecule has 2 aromatic carbocycles. The number of para-hydroxylation sites is 2. The molecular formula is C25H34N2O5S. The minimum Gasteiger partial charge on any atom is -0.493 e. The van der Waals surface area contributed by atoms with Crippen molar-refractivity contribution >= 4 is 15.9 Å². The molecule has 1 fully saturated rings. The summed E-state index contributed by atoms with van der Waals surface area (Å²) in [6, 6.07) is 9.38. The number of nitrogens with zero attached hydrogens (tertiary/aromatic N) is 1. The molecule has 0 aromatic heterocycles. The molecule has 1 aliphatic heterocycles. The number of hydrogen-bond donors (Lipinski definition) is 1. The van der Waals surface area contributed by atoms with Crippen molar-refractivity contribution in [2.75, 3.05) is 33.4 Å². The fraction of sp³-hybridized carbons (Fsp3) is 0.480. The van der Waals surface area contributed by atoms with E-state index < -0.39 is 10.0 Å². The van der Waals surface area contributed by atoms with Crippen LogP contribution in [0.25, 0.3) is 0 Å². The molecule has 1 aliphatic rings. The Morgan fingerprint density at radius 3 is 2.18 bits per heavy atom. The lowest BCUT2D eigenvalue weighted by atomic mass is 9.97. The van der Waals surface area contributed by atoms with Crippen LogP contribution in [0.15, 0.2) is 35.2 Å². The molecule has 0 bridgehead atoms. The standard InChI is InChI=1S/C25H34N2O5S/c1-17-16-18(2)20(4)24(19(17)3)33(29,30)27-13-10-21(11-14-27)25(28)26-12-15-32-23-9-7-6-8-22(23)31-5/h6-9,16,21H,10-15H2,1-5H3,(H,26,28). The van der Waals surface area contributed by atoms with E-state index in [0.717, 1.165) is 22.3 Å². The van der Waals surface area contributed by atoms with Crippen molar-refractivity contribution in [2.24, 2.45) is 5.92 Å². The van der Waals surface area contributed by atoms with E-state index in [-0.39, 0.29) is 11.8 Å². The first kappa shape index (κ1) is 25.1. The molecule has 0 saturated carbocycles. The van der Waals surface area contributed by atoms with Gasteiger partial charge in [-0.15, -0.1) is 0 Å². The second kappa shape index (κ2) is 10.6. The van der Waals surface area contributed by atoms with Crippen molar-refractivity contribution in [3.63, 3.8) is 0 Å². The van der Waals surface area contributed by atoms with Crippen LogP contribution in [0.1, 0.15) is 35.1 Å². The first-order valence-electron chi connectivity index (χ1n) is 11.3. The Labute approximate surface area is 197 Å². The average molecular weight is 475 g/mol. The van der Waals surface area contributed by atoms with Gasteiger partial charge in [-0.25, -0.2) is 8.42 Å². The average Bonchev–Trinajstić information content (AvgIpc) is 2.80. The summed E-state index contributed by atoms with van der Waals surface area (Å²) in [6.45, 7) is 8.97. The number of hydrogen-bond acceptors (Lipinski definition) is 5. The molecule has 0 aliphatic carbocycles. The third-order valence-corrected chi connectivity index (χ3v) is 8.62. The number of sulfonamides is 1. The number of rotatable bonds is 8. The molecule has 3 rings (SSSR count). The maximum Gasteiger partial charge on any atom is 0.243 e. The van der Waals surface area contributed by atoms with Crippen LogP contribution in [-0.2, 0) is 14.8 Å². The molecule has 1 heterocycles. The normalized spacial score (nSPS) is 15.3. The third kappa shape index (κ3) is 5.50. The second-order valence-corrected chi connectivity index (χ2v) is 10.4. The van der Waals surface area contributed by atoms with E-state index >= 15 is 0 Å². The first-order valence-corrected chi connectivity index (χ1v) is 12.7. The Kier molecular flexibility index (Phi) is 8.02. The van der Waals surface area contributed by atoms with Crippen molar-refractivity contribution in [1.82, 2.24) is 9.62 Å². The number of carbonyl (C=O) groups is 1. The van der Waals surface area contributed by atoms with Crippen molar-refractivity contribution in [2.45, 2.75) is 45.4 Å². The van der Waals surface area contributed by atoms with Crippen LogP contribution in [0.2, 0.25) is 0 Å². The van der Waals surface area contributed by atoms with Crippen molar-refractivity contribution < 1.29 is 22.7 Å². The minimum atomic E-state index is -3.61. The Morgan fingerprint density at radius 1 is 1.03 bits per heavy atom. The minimum absolute atomic E-state index is 0.0607. The molecule has 0 unspecified atom stereocenters. The van der Waals surface area contributed by atoms with Crippen molar-refractivity contribution in [1.29, 1.82) is 0 Å². The van der Waals surface area contributed by atoms with Gasteiger partial charge in [-0.05, 0) is 74.9 Å². The Morgan fingerprint density at radius 2 is 1.61 bits per heavy atom. The van der Waals surface area contributed by atoms with Gasteiger partial charge >= 0.3 is 0 Å². The van der Waals surface area contributed by atoms with Crippen LogP contribution in [0.3, 0.4) is 0 Å². The number of piperidine rings is 1. The molecule has 0 spiro atoms. The van der Waals surface area contributed by atoms with Gasteiger partial charge in [-0.3, -0.25) is 4.79 Å². The van der Waals surface area contributed by atoms with Gasteiger partial charge in [-0.1, -0.05) is 18.2 Å². The smallest absolute Gasteiger partial charge is 0.243 e. The number of nitrogens with one attached hydrogen (secondary N) is 1. The van der Waals surface area contributed by atoms with Crippen LogP contribution < -0.4 is 14.8 Å². The fourth-order valence-electron chi connectivity index (χ4n) is 4.27. The van der Waals surface area contributed by atoms with Gasteiger partial charge in [0.1, 0.15) is 6.61 Å². The van der Waals surface area contributed by atoms with E-state index in [2.05, 4.69) is 5.32 Å². The number of amides is 1. The molecule has 33 heavy (non-hydrogen) atoms. The van der Waals surface area contributed by atoms with Crippen LogP contribution in [-0.4, -0.2) is 52.0 Å². The predicted octanol–water partition coefficient (Wildman–Crippen LogP) is 3.52. The lowest BCUT2D eigenvalue weighted by molar-refractivity contribution is -0.126. The highest BCUT2D eigenvalue weighted by Gasteiger charge is 2.34.